The van der Waals surface area contributed by atoms with Gasteiger partial charge in [0.2, 0.25) is 5.91 Å². The molecule has 2 N–H and O–H groups in total. The molecule has 3 aliphatic rings. The molecule has 0 unspecified atom stereocenters. The fourth-order valence-corrected chi connectivity index (χ4v) is 6.95. The zero-order valence-corrected chi connectivity index (χ0v) is 21.0. The molecule has 6 nitrogen and oxygen atoms in total. The molecule has 1 aliphatic heterocycles. The maximum absolute atomic E-state index is 12.2. The number of phenols is 1. The molecule has 5 rings (SSSR count). The van der Waals surface area contributed by atoms with E-state index < -0.39 is 5.97 Å². The third kappa shape index (κ3) is 4.92. The molecule has 0 radical (unpaired) electrons. The van der Waals surface area contributed by atoms with E-state index in [4.69, 9.17) is 4.74 Å². The maximum Gasteiger partial charge on any atom is 0.330 e. The van der Waals surface area contributed by atoms with Crippen LogP contribution >= 0.6 is 0 Å². The molecule has 2 aromatic carbocycles. The Hall–Kier alpha value is -3.12. The monoisotopic (exact) mass is 488 g/mol. The first kappa shape index (κ1) is 24.6. The van der Waals surface area contributed by atoms with E-state index in [9.17, 15) is 14.7 Å². The minimum atomic E-state index is -0.521. The number of carbonyl (C=O) groups excluding carboxylic acids is 2. The quantitative estimate of drug-likeness (QED) is 0.434. The highest BCUT2D eigenvalue weighted by Gasteiger charge is 2.53. The number of carbonyl (C=O) groups is 2. The Morgan fingerprint density at radius 2 is 2.06 bits per heavy atom. The van der Waals surface area contributed by atoms with Crippen molar-refractivity contribution in [3.63, 3.8) is 0 Å². The zero-order chi connectivity index (χ0) is 25.1. The number of likely N-dealkylation sites (tertiary alicyclic amines) is 1. The van der Waals surface area contributed by atoms with E-state index in [0.717, 1.165) is 44.1 Å². The van der Waals surface area contributed by atoms with E-state index in [1.807, 2.05) is 24.3 Å². The van der Waals surface area contributed by atoms with Gasteiger partial charge in [-0.2, -0.15) is 0 Å². The first-order chi connectivity index (χ1) is 17.5. The van der Waals surface area contributed by atoms with Crippen LogP contribution in [0.25, 0.3) is 0 Å². The molecular formula is C30H36N2O4. The SMILES string of the molecule is CCOC(=O)/C=C/C(=O)Nc1cccc(CCN2CC[C@]34CCCC[C@H]3[C@H]2Cc2ccc(O)cc24)c1. The number of anilines is 1. The second-order valence-electron chi connectivity index (χ2n) is 10.4. The van der Waals surface area contributed by atoms with Gasteiger partial charge in [0.25, 0.3) is 0 Å². The van der Waals surface area contributed by atoms with Crippen molar-refractivity contribution in [3.8, 4) is 5.75 Å². The number of hydrogen-bond acceptors (Lipinski definition) is 5. The number of hydrogen-bond donors (Lipinski definition) is 2. The Kier molecular flexibility index (Phi) is 7.15. The lowest BCUT2D eigenvalue weighted by molar-refractivity contribution is -0.137. The molecule has 1 saturated carbocycles. The van der Waals surface area contributed by atoms with Crippen LogP contribution in [0, 0.1) is 5.92 Å². The number of piperidine rings is 1. The molecule has 0 aromatic heterocycles. The smallest absolute Gasteiger partial charge is 0.330 e. The minimum absolute atomic E-state index is 0.229. The van der Waals surface area contributed by atoms with Crippen molar-refractivity contribution in [2.45, 2.75) is 63.3 Å². The van der Waals surface area contributed by atoms with Crippen LogP contribution in [0.5, 0.6) is 5.75 Å². The van der Waals surface area contributed by atoms with Crippen molar-refractivity contribution in [3.05, 3.63) is 71.3 Å². The van der Waals surface area contributed by atoms with Crippen LogP contribution in [0.4, 0.5) is 5.69 Å². The summed E-state index contributed by atoms with van der Waals surface area (Å²) in [6, 6.07) is 14.6. The third-order valence-electron chi connectivity index (χ3n) is 8.47. The second-order valence-corrected chi connectivity index (χ2v) is 10.4. The van der Waals surface area contributed by atoms with Crippen molar-refractivity contribution in [1.29, 1.82) is 0 Å². The number of nitrogens with zero attached hydrogens (tertiary/aromatic N) is 1. The lowest BCUT2D eigenvalue weighted by Crippen LogP contribution is -2.61. The molecule has 2 bridgehead atoms. The van der Waals surface area contributed by atoms with E-state index in [-0.39, 0.29) is 17.9 Å². The summed E-state index contributed by atoms with van der Waals surface area (Å²) in [5, 5.41) is 13.1. The number of benzene rings is 2. The standard InChI is InChI=1S/C30H36N2O4/c1-2-36-29(35)12-11-28(34)31-23-7-5-6-21(18-23)13-16-32-17-15-30-14-4-3-8-25(30)27(32)19-22-9-10-24(33)20-26(22)30/h5-7,9-12,18,20,25,27,33H,2-4,8,13-17,19H2,1H3,(H,31,34)/b12-11+/t25-,27+,30+/m0/s1. The third-order valence-corrected chi connectivity index (χ3v) is 8.47. The fraction of sp³-hybridized carbons (Fsp3) is 0.467. The van der Waals surface area contributed by atoms with E-state index >= 15 is 0 Å². The summed E-state index contributed by atoms with van der Waals surface area (Å²) in [4.78, 5) is 26.3. The number of ether oxygens (including phenoxy) is 1. The Morgan fingerprint density at radius 3 is 2.92 bits per heavy atom. The van der Waals surface area contributed by atoms with Gasteiger partial charge in [-0.3, -0.25) is 9.69 Å². The summed E-state index contributed by atoms with van der Waals surface area (Å²) < 4.78 is 4.82. The largest absolute Gasteiger partial charge is 0.508 e. The molecule has 1 heterocycles. The van der Waals surface area contributed by atoms with Gasteiger partial charge in [0, 0.05) is 35.8 Å². The molecule has 190 valence electrons. The normalized spacial score (nSPS) is 25.1. The van der Waals surface area contributed by atoms with Gasteiger partial charge in [-0.05, 0) is 92.4 Å². The number of esters is 1. The Labute approximate surface area is 213 Å². The van der Waals surface area contributed by atoms with Gasteiger partial charge in [-0.25, -0.2) is 4.79 Å². The van der Waals surface area contributed by atoms with Gasteiger partial charge < -0.3 is 15.2 Å². The van der Waals surface area contributed by atoms with Crippen molar-refractivity contribution in [2.75, 3.05) is 25.0 Å². The van der Waals surface area contributed by atoms with Gasteiger partial charge in [0.05, 0.1) is 6.61 Å². The summed E-state index contributed by atoms with van der Waals surface area (Å²) in [6.07, 6.45) is 10.6. The van der Waals surface area contributed by atoms with Crippen molar-refractivity contribution < 1.29 is 19.4 Å². The molecule has 0 spiro atoms. The van der Waals surface area contributed by atoms with Gasteiger partial charge in [0.1, 0.15) is 5.75 Å². The fourth-order valence-electron chi connectivity index (χ4n) is 6.95. The number of aromatic hydroxyl groups is 1. The molecule has 36 heavy (non-hydrogen) atoms. The van der Waals surface area contributed by atoms with Crippen LogP contribution in [0.1, 0.15) is 55.7 Å². The highest BCUT2D eigenvalue weighted by atomic mass is 16.5. The number of phenolic OH excluding ortho intramolecular Hbond substituents is 1. The van der Waals surface area contributed by atoms with Crippen LogP contribution in [0.3, 0.4) is 0 Å². The highest BCUT2D eigenvalue weighted by molar-refractivity contribution is 6.02. The van der Waals surface area contributed by atoms with Crippen LogP contribution in [0.2, 0.25) is 0 Å². The molecule has 1 saturated heterocycles. The van der Waals surface area contributed by atoms with Gasteiger partial charge in [0.15, 0.2) is 0 Å². The van der Waals surface area contributed by atoms with Gasteiger partial charge >= 0.3 is 5.97 Å². The summed E-state index contributed by atoms with van der Waals surface area (Å²) in [6.45, 7) is 4.09. The minimum Gasteiger partial charge on any atom is -0.508 e. The van der Waals surface area contributed by atoms with Crippen LogP contribution in [-0.2, 0) is 32.6 Å². The van der Waals surface area contributed by atoms with Gasteiger partial charge in [-0.1, -0.05) is 31.0 Å². The predicted molar refractivity (Wildman–Crippen MR) is 140 cm³/mol. The van der Waals surface area contributed by atoms with Crippen molar-refractivity contribution in [1.82, 2.24) is 4.90 Å². The number of rotatable bonds is 7. The first-order valence-electron chi connectivity index (χ1n) is 13.3. The average molecular weight is 489 g/mol. The molecule has 1 amide bonds. The molecule has 2 aromatic rings. The molecular weight excluding hydrogens is 452 g/mol. The molecule has 2 aliphatic carbocycles. The Balaban J connectivity index is 1.25. The summed E-state index contributed by atoms with van der Waals surface area (Å²) in [5.41, 5.74) is 4.98. The van der Waals surface area contributed by atoms with E-state index in [2.05, 4.69) is 28.4 Å². The van der Waals surface area contributed by atoms with Crippen LogP contribution in [0.15, 0.2) is 54.6 Å². The van der Waals surface area contributed by atoms with E-state index in [1.54, 1.807) is 6.92 Å². The Bertz CT molecular complexity index is 1160. The highest BCUT2D eigenvalue weighted by Crippen LogP contribution is 2.56. The molecule has 6 heteroatoms. The van der Waals surface area contributed by atoms with Crippen LogP contribution in [-0.4, -0.2) is 47.6 Å². The molecule has 3 atom stereocenters. The first-order valence-corrected chi connectivity index (χ1v) is 13.3. The topological polar surface area (TPSA) is 78.9 Å². The van der Waals surface area contributed by atoms with Crippen molar-refractivity contribution in [2.24, 2.45) is 5.92 Å². The number of nitrogens with one attached hydrogen (secondary N) is 1. The number of fused-ring (bicyclic) bond motifs is 1. The summed E-state index contributed by atoms with van der Waals surface area (Å²) >= 11 is 0. The second kappa shape index (κ2) is 10.5. The van der Waals surface area contributed by atoms with E-state index in [0.29, 0.717) is 17.7 Å². The number of amides is 1. The molecule has 2 fully saturated rings. The zero-order valence-electron chi connectivity index (χ0n) is 21.0. The van der Waals surface area contributed by atoms with Gasteiger partial charge in [-0.15, -0.1) is 0 Å². The lowest BCUT2D eigenvalue weighted by atomic mass is 9.52. The Morgan fingerprint density at radius 1 is 1.17 bits per heavy atom. The summed E-state index contributed by atoms with van der Waals surface area (Å²) in [5.74, 6) is 0.187. The predicted octanol–water partition coefficient (Wildman–Crippen LogP) is 4.75. The summed E-state index contributed by atoms with van der Waals surface area (Å²) in [7, 11) is 0. The average Bonchev–Trinajstić information content (AvgIpc) is 2.88. The maximum atomic E-state index is 12.2. The van der Waals surface area contributed by atoms with Crippen LogP contribution < -0.4 is 5.32 Å². The lowest BCUT2D eigenvalue weighted by Gasteiger charge is -2.59. The van der Waals surface area contributed by atoms with E-state index in [1.165, 1.54) is 48.4 Å². The van der Waals surface area contributed by atoms with Crippen molar-refractivity contribution >= 4 is 17.6 Å².